The molecule has 0 bridgehead atoms. The third-order valence-corrected chi connectivity index (χ3v) is 3.72. The number of fused-ring (bicyclic) bond motifs is 1. The predicted molar refractivity (Wildman–Crippen MR) is 85.8 cm³/mol. The third-order valence-electron chi connectivity index (χ3n) is 3.72. The summed E-state index contributed by atoms with van der Waals surface area (Å²) in [6.45, 7) is 7.41. The fourth-order valence-electron chi connectivity index (χ4n) is 2.49. The van der Waals surface area contributed by atoms with E-state index in [-0.39, 0.29) is 6.04 Å². The van der Waals surface area contributed by atoms with Crippen LogP contribution >= 0.6 is 0 Å². The van der Waals surface area contributed by atoms with E-state index in [2.05, 4.69) is 50.4 Å². The number of hydrogen-bond donors (Lipinski definition) is 2. The molecule has 2 rings (SSSR count). The van der Waals surface area contributed by atoms with Crippen LogP contribution in [0.2, 0.25) is 0 Å². The van der Waals surface area contributed by atoms with E-state index in [1.807, 2.05) is 18.2 Å². The maximum atomic E-state index is 10.6. The molecule has 0 aliphatic heterocycles. The Bertz CT molecular complexity index is 550. The van der Waals surface area contributed by atoms with Crippen LogP contribution < -0.4 is 5.32 Å². The van der Waals surface area contributed by atoms with Gasteiger partial charge in [-0.05, 0) is 41.3 Å². The van der Waals surface area contributed by atoms with Crippen molar-refractivity contribution >= 4 is 10.8 Å². The quantitative estimate of drug-likeness (QED) is 0.835. The average molecular weight is 271 g/mol. The molecule has 0 aromatic heterocycles. The van der Waals surface area contributed by atoms with Crippen LogP contribution in [-0.2, 0) is 0 Å². The van der Waals surface area contributed by atoms with E-state index in [1.54, 1.807) is 0 Å². The van der Waals surface area contributed by atoms with Gasteiger partial charge in [0, 0.05) is 6.04 Å². The minimum Gasteiger partial charge on any atom is -0.387 e. The van der Waals surface area contributed by atoms with Crippen LogP contribution in [0.3, 0.4) is 0 Å². The Morgan fingerprint density at radius 3 is 2.40 bits per heavy atom. The molecule has 0 spiro atoms. The molecule has 108 valence electrons. The predicted octanol–water partition coefficient (Wildman–Crippen LogP) is 3.90. The maximum absolute atomic E-state index is 10.6. The molecule has 0 saturated carbocycles. The van der Waals surface area contributed by atoms with E-state index in [9.17, 15) is 5.11 Å². The van der Waals surface area contributed by atoms with Crippen molar-refractivity contribution in [2.24, 2.45) is 5.92 Å². The summed E-state index contributed by atoms with van der Waals surface area (Å²) in [4.78, 5) is 0. The van der Waals surface area contributed by atoms with Gasteiger partial charge >= 0.3 is 0 Å². The van der Waals surface area contributed by atoms with E-state index in [4.69, 9.17) is 0 Å². The summed E-state index contributed by atoms with van der Waals surface area (Å²) in [6.07, 6.45) is 0.462. The minimum atomic E-state index is -0.455. The first-order valence-electron chi connectivity index (χ1n) is 7.52. The summed E-state index contributed by atoms with van der Waals surface area (Å²) < 4.78 is 0. The summed E-state index contributed by atoms with van der Waals surface area (Å²) in [6, 6.07) is 14.6. The molecule has 2 unspecified atom stereocenters. The van der Waals surface area contributed by atoms with Gasteiger partial charge in [-0.2, -0.15) is 0 Å². The topological polar surface area (TPSA) is 32.3 Å². The lowest BCUT2D eigenvalue weighted by Gasteiger charge is -2.24. The van der Waals surface area contributed by atoms with Gasteiger partial charge in [-0.15, -0.1) is 0 Å². The van der Waals surface area contributed by atoms with Crippen LogP contribution in [0.5, 0.6) is 0 Å². The fraction of sp³-hybridized carbons (Fsp3) is 0.444. The van der Waals surface area contributed by atoms with Crippen LogP contribution in [0.15, 0.2) is 42.5 Å². The SMILES string of the molecule is CCC(NCC(C)C)C(O)c1ccc2ccccc2c1. The molecule has 20 heavy (non-hydrogen) atoms. The molecule has 2 heteroatoms. The van der Waals surface area contributed by atoms with Crippen molar-refractivity contribution in [3.05, 3.63) is 48.0 Å². The molecular weight excluding hydrogens is 246 g/mol. The van der Waals surface area contributed by atoms with E-state index in [0.29, 0.717) is 5.92 Å². The van der Waals surface area contributed by atoms with Crippen LogP contribution in [0, 0.1) is 5.92 Å². The highest BCUT2D eigenvalue weighted by Gasteiger charge is 2.19. The highest BCUT2D eigenvalue weighted by molar-refractivity contribution is 5.83. The van der Waals surface area contributed by atoms with Crippen molar-refractivity contribution < 1.29 is 5.11 Å². The first-order chi connectivity index (χ1) is 9.61. The number of nitrogens with one attached hydrogen (secondary N) is 1. The normalized spacial score (nSPS) is 14.7. The molecule has 0 amide bonds. The Morgan fingerprint density at radius 1 is 1.05 bits per heavy atom. The van der Waals surface area contributed by atoms with Crippen molar-refractivity contribution in [1.82, 2.24) is 5.32 Å². The molecule has 2 nitrogen and oxygen atoms in total. The second-order valence-electron chi connectivity index (χ2n) is 5.87. The molecule has 0 radical (unpaired) electrons. The lowest BCUT2D eigenvalue weighted by Crippen LogP contribution is -2.36. The molecule has 2 aromatic rings. The highest BCUT2D eigenvalue weighted by Crippen LogP contribution is 2.23. The number of benzene rings is 2. The number of rotatable bonds is 6. The molecule has 0 aliphatic rings. The summed E-state index contributed by atoms with van der Waals surface area (Å²) >= 11 is 0. The van der Waals surface area contributed by atoms with Crippen LogP contribution in [0.4, 0.5) is 0 Å². The average Bonchev–Trinajstić information content (AvgIpc) is 2.47. The van der Waals surface area contributed by atoms with Gasteiger partial charge in [0.25, 0.3) is 0 Å². The molecular formula is C18H25NO. The summed E-state index contributed by atoms with van der Waals surface area (Å²) in [5.41, 5.74) is 0.992. The van der Waals surface area contributed by atoms with Crippen molar-refractivity contribution in [1.29, 1.82) is 0 Å². The Labute approximate surface area is 121 Å². The molecule has 2 N–H and O–H groups in total. The first-order valence-corrected chi connectivity index (χ1v) is 7.52. The second kappa shape index (κ2) is 6.87. The Hall–Kier alpha value is -1.38. The van der Waals surface area contributed by atoms with E-state index >= 15 is 0 Å². The van der Waals surface area contributed by atoms with Gasteiger partial charge in [0.05, 0.1) is 6.10 Å². The van der Waals surface area contributed by atoms with Crippen molar-refractivity contribution in [3.8, 4) is 0 Å². The van der Waals surface area contributed by atoms with Gasteiger partial charge in [-0.25, -0.2) is 0 Å². The van der Waals surface area contributed by atoms with Crippen LogP contribution in [-0.4, -0.2) is 17.7 Å². The van der Waals surface area contributed by atoms with E-state index in [1.165, 1.54) is 10.8 Å². The van der Waals surface area contributed by atoms with Gasteiger partial charge in [0.15, 0.2) is 0 Å². The van der Waals surface area contributed by atoms with Crippen molar-refractivity contribution in [2.45, 2.75) is 39.3 Å². The molecule has 0 heterocycles. The summed E-state index contributed by atoms with van der Waals surface area (Å²) in [5, 5.41) is 16.5. The lowest BCUT2D eigenvalue weighted by atomic mass is 9.97. The summed E-state index contributed by atoms with van der Waals surface area (Å²) in [5.74, 6) is 0.591. The fourth-order valence-corrected chi connectivity index (χ4v) is 2.49. The highest BCUT2D eigenvalue weighted by atomic mass is 16.3. The number of hydrogen-bond acceptors (Lipinski definition) is 2. The number of aliphatic hydroxyl groups excluding tert-OH is 1. The van der Waals surface area contributed by atoms with Gasteiger partial charge in [-0.3, -0.25) is 0 Å². The zero-order valence-electron chi connectivity index (χ0n) is 12.6. The van der Waals surface area contributed by atoms with E-state index in [0.717, 1.165) is 18.5 Å². The van der Waals surface area contributed by atoms with Crippen LogP contribution in [0.25, 0.3) is 10.8 Å². The molecule has 2 atom stereocenters. The van der Waals surface area contributed by atoms with Crippen molar-refractivity contribution in [2.75, 3.05) is 6.54 Å². The first kappa shape index (κ1) is 15.0. The minimum absolute atomic E-state index is 0.110. The number of aliphatic hydroxyl groups is 1. The zero-order chi connectivity index (χ0) is 14.5. The smallest absolute Gasteiger partial charge is 0.0943 e. The Morgan fingerprint density at radius 2 is 1.75 bits per heavy atom. The van der Waals surface area contributed by atoms with Gasteiger partial charge in [0.2, 0.25) is 0 Å². The van der Waals surface area contributed by atoms with Gasteiger partial charge < -0.3 is 10.4 Å². The maximum Gasteiger partial charge on any atom is 0.0943 e. The molecule has 2 aromatic carbocycles. The molecule has 0 aliphatic carbocycles. The molecule has 0 saturated heterocycles. The lowest BCUT2D eigenvalue weighted by molar-refractivity contribution is 0.124. The zero-order valence-corrected chi connectivity index (χ0v) is 12.6. The van der Waals surface area contributed by atoms with Gasteiger partial charge in [-0.1, -0.05) is 57.2 Å². The Balaban J connectivity index is 2.18. The Kier molecular flexibility index (Phi) is 5.16. The van der Waals surface area contributed by atoms with E-state index < -0.39 is 6.10 Å². The monoisotopic (exact) mass is 271 g/mol. The summed E-state index contributed by atoms with van der Waals surface area (Å²) in [7, 11) is 0. The van der Waals surface area contributed by atoms with Crippen molar-refractivity contribution in [3.63, 3.8) is 0 Å². The largest absolute Gasteiger partial charge is 0.387 e. The van der Waals surface area contributed by atoms with Gasteiger partial charge in [0.1, 0.15) is 0 Å². The van der Waals surface area contributed by atoms with Crippen LogP contribution in [0.1, 0.15) is 38.9 Å². The standard InChI is InChI=1S/C18H25NO/c1-4-17(19-12-13(2)3)18(20)16-10-9-14-7-5-6-8-15(14)11-16/h5-11,13,17-20H,4,12H2,1-3H3. The molecule has 0 fully saturated rings. The second-order valence-corrected chi connectivity index (χ2v) is 5.87. The third kappa shape index (κ3) is 3.59.